The second kappa shape index (κ2) is 10.3. The van der Waals surface area contributed by atoms with Gasteiger partial charge < -0.3 is 4.74 Å². The molecule has 0 aliphatic rings. The van der Waals surface area contributed by atoms with E-state index in [4.69, 9.17) is 24.3 Å². The first-order valence-corrected chi connectivity index (χ1v) is 7.16. The van der Waals surface area contributed by atoms with Crippen LogP contribution in [0.2, 0.25) is 0 Å². The summed E-state index contributed by atoms with van der Waals surface area (Å²) in [4.78, 5) is 31.3. The summed E-state index contributed by atoms with van der Waals surface area (Å²) in [5, 5.41) is 0. The molecule has 0 spiro atoms. The molecule has 1 unspecified atom stereocenters. The number of halogens is 1. The monoisotopic (exact) mass is 354 g/mol. The molecule has 1 atom stereocenters. The van der Waals surface area contributed by atoms with Crippen molar-refractivity contribution in [3.8, 4) is 0 Å². The average Bonchev–Trinajstić information content (AvgIpc) is 2.34. The molecule has 6 nitrogen and oxygen atoms in total. The van der Waals surface area contributed by atoms with Crippen LogP contribution in [0.3, 0.4) is 0 Å². The highest BCUT2D eigenvalue weighted by Gasteiger charge is 2.17. The first-order valence-electron chi connectivity index (χ1n) is 6.36. The molecule has 0 saturated carbocycles. The fourth-order valence-electron chi connectivity index (χ4n) is 0.977. The van der Waals surface area contributed by atoms with E-state index in [1.165, 1.54) is 0 Å². The molecule has 0 rings (SSSR count). The molecule has 0 aromatic rings. The van der Waals surface area contributed by atoms with Gasteiger partial charge in [-0.1, -0.05) is 22.5 Å². The lowest BCUT2D eigenvalue weighted by Gasteiger charge is -2.18. The van der Waals surface area contributed by atoms with E-state index in [1.807, 2.05) is 0 Å². The number of ether oxygens (including phenoxy) is 1. The summed E-state index contributed by atoms with van der Waals surface area (Å²) < 4.78 is 4.45. The van der Waals surface area contributed by atoms with Gasteiger partial charge in [0.25, 0.3) is 0 Å². The van der Waals surface area contributed by atoms with Crippen LogP contribution < -0.4 is 0 Å². The zero-order valence-corrected chi connectivity index (χ0v) is 14.0. The number of hydrogen-bond donors (Lipinski definition) is 0. The molecule has 0 heterocycles. The lowest BCUT2D eigenvalue weighted by atomic mass is 10.3. The van der Waals surface area contributed by atoms with Crippen molar-refractivity contribution in [3.05, 3.63) is 12.2 Å². The van der Waals surface area contributed by atoms with Crippen molar-refractivity contribution in [2.24, 2.45) is 0 Å². The zero-order valence-electron chi connectivity index (χ0n) is 12.4. The molecule has 0 aliphatic carbocycles. The van der Waals surface area contributed by atoms with Gasteiger partial charge in [0.15, 0.2) is 4.51 Å². The van der Waals surface area contributed by atoms with E-state index in [-0.39, 0.29) is 13.2 Å². The van der Waals surface area contributed by atoms with Crippen LogP contribution in [-0.2, 0) is 29.1 Å². The fourth-order valence-corrected chi connectivity index (χ4v) is 1.07. The van der Waals surface area contributed by atoms with Gasteiger partial charge in [-0.3, -0.25) is 0 Å². The molecule has 118 valence electrons. The van der Waals surface area contributed by atoms with Crippen LogP contribution in [0.1, 0.15) is 34.1 Å². The van der Waals surface area contributed by atoms with E-state index in [0.717, 1.165) is 0 Å². The third kappa shape index (κ3) is 11.4. The van der Waals surface area contributed by atoms with Crippen LogP contribution in [0.4, 0.5) is 0 Å². The molecule has 0 aromatic heterocycles. The lowest BCUT2D eigenvalue weighted by molar-refractivity contribution is -0.349. The number of alkyl halides is 1. The predicted molar refractivity (Wildman–Crippen MR) is 76.9 cm³/mol. The van der Waals surface area contributed by atoms with Crippen molar-refractivity contribution in [2.45, 2.75) is 44.7 Å². The van der Waals surface area contributed by atoms with Gasteiger partial charge in [0.05, 0.1) is 13.2 Å². The van der Waals surface area contributed by atoms with Gasteiger partial charge in [-0.15, -0.1) is 0 Å². The summed E-state index contributed by atoms with van der Waals surface area (Å²) >= 11 is 3.27. The van der Waals surface area contributed by atoms with E-state index in [9.17, 15) is 4.79 Å². The van der Waals surface area contributed by atoms with E-state index in [1.54, 1.807) is 27.7 Å². The van der Waals surface area contributed by atoms with Crippen LogP contribution >= 0.6 is 15.9 Å². The van der Waals surface area contributed by atoms with Crippen LogP contribution in [0.15, 0.2) is 12.2 Å². The Morgan fingerprint density at radius 3 is 2.50 bits per heavy atom. The molecule has 0 aliphatic heterocycles. The Bertz CT molecular complexity index is 300. The molecule has 0 N–H and O–H groups in total. The molecular formula is C13H23BrO6. The Hall–Kier alpha value is -0.470. The fraction of sp³-hybridized carbons (Fsp3) is 0.769. The number of carbonyl (C=O) groups is 1. The quantitative estimate of drug-likeness (QED) is 0.142. The Morgan fingerprint density at radius 2 is 2.00 bits per heavy atom. The summed E-state index contributed by atoms with van der Waals surface area (Å²) in [6.45, 7) is 11.2. The highest BCUT2D eigenvalue weighted by atomic mass is 79.9. The van der Waals surface area contributed by atoms with E-state index < -0.39 is 16.6 Å². The van der Waals surface area contributed by atoms with Crippen molar-refractivity contribution >= 4 is 21.9 Å². The Balaban J connectivity index is 4.01. The van der Waals surface area contributed by atoms with Gasteiger partial charge in [-0.25, -0.2) is 24.3 Å². The highest BCUT2D eigenvalue weighted by molar-refractivity contribution is 9.10. The van der Waals surface area contributed by atoms with Crippen molar-refractivity contribution < 1.29 is 29.1 Å². The third-order valence-corrected chi connectivity index (χ3v) is 1.98. The molecule has 0 radical (unpaired) electrons. The minimum atomic E-state index is -0.560. The van der Waals surface area contributed by atoms with E-state index >= 15 is 0 Å². The second-order valence-electron chi connectivity index (χ2n) is 4.56. The summed E-state index contributed by atoms with van der Waals surface area (Å²) in [6.07, 6.45) is 0.0207. The van der Waals surface area contributed by atoms with Crippen LogP contribution in [0.25, 0.3) is 0 Å². The minimum absolute atomic E-state index is 0.0623. The molecule has 0 bridgehead atoms. The summed E-state index contributed by atoms with van der Waals surface area (Å²) in [6, 6.07) is 0. The largest absolute Gasteiger partial charge is 0.459 e. The predicted octanol–water partition coefficient (Wildman–Crippen LogP) is 2.91. The normalized spacial score (nSPS) is 13.1. The number of carbonyl (C=O) groups excluding carboxylic acids is 1. The smallest absolute Gasteiger partial charge is 0.333 e. The average molecular weight is 355 g/mol. The summed E-state index contributed by atoms with van der Waals surface area (Å²) in [5.74, 6) is -0.464. The van der Waals surface area contributed by atoms with Crippen LogP contribution in [0, 0.1) is 0 Å². The molecule has 0 fully saturated rings. The standard InChI is InChI=1S/C13H23BrO6/c1-6-17-19-11(9-16-12(15)10(2)3)7-8-18-20-13(4,5)14/h11H,2,6-9H2,1,3-5H3. The van der Waals surface area contributed by atoms with Crippen molar-refractivity contribution in [2.75, 3.05) is 19.8 Å². The van der Waals surface area contributed by atoms with Gasteiger partial charge in [0.1, 0.15) is 12.7 Å². The van der Waals surface area contributed by atoms with Crippen molar-refractivity contribution in [3.63, 3.8) is 0 Å². The molecule has 0 aromatic carbocycles. The molecule has 0 saturated heterocycles. The van der Waals surface area contributed by atoms with Gasteiger partial charge in [-0.05, 0) is 27.7 Å². The van der Waals surface area contributed by atoms with E-state index in [2.05, 4.69) is 22.5 Å². The van der Waals surface area contributed by atoms with Crippen LogP contribution in [0.5, 0.6) is 0 Å². The van der Waals surface area contributed by atoms with Crippen molar-refractivity contribution in [1.29, 1.82) is 0 Å². The lowest BCUT2D eigenvalue weighted by Crippen LogP contribution is -2.25. The molecular weight excluding hydrogens is 332 g/mol. The first kappa shape index (κ1) is 19.5. The van der Waals surface area contributed by atoms with Crippen LogP contribution in [-0.4, -0.2) is 36.4 Å². The summed E-state index contributed by atoms with van der Waals surface area (Å²) in [5.41, 5.74) is 0.334. The van der Waals surface area contributed by atoms with Gasteiger partial charge in [-0.2, -0.15) is 0 Å². The number of rotatable bonds is 11. The highest BCUT2D eigenvalue weighted by Crippen LogP contribution is 2.17. The Labute approximate surface area is 128 Å². The zero-order chi connectivity index (χ0) is 15.6. The molecule has 0 amide bonds. The van der Waals surface area contributed by atoms with Gasteiger partial charge in [0.2, 0.25) is 0 Å². The minimum Gasteiger partial charge on any atom is -0.459 e. The third-order valence-electron chi connectivity index (χ3n) is 1.85. The maximum absolute atomic E-state index is 11.3. The second-order valence-corrected chi connectivity index (χ2v) is 6.47. The van der Waals surface area contributed by atoms with E-state index in [0.29, 0.717) is 18.6 Å². The Kier molecular flexibility index (Phi) is 10.0. The van der Waals surface area contributed by atoms with Crippen molar-refractivity contribution in [1.82, 2.24) is 0 Å². The maximum Gasteiger partial charge on any atom is 0.333 e. The summed E-state index contributed by atoms with van der Waals surface area (Å²) in [7, 11) is 0. The maximum atomic E-state index is 11.3. The molecule has 7 heteroatoms. The number of esters is 1. The Morgan fingerprint density at radius 1 is 1.35 bits per heavy atom. The topological polar surface area (TPSA) is 63.2 Å². The molecule has 20 heavy (non-hydrogen) atoms. The number of hydrogen-bond acceptors (Lipinski definition) is 6. The SMILES string of the molecule is C=C(C)C(=O)OCC(CCOOC(C)(C)Br)OOCC. The first-order chi connectivity index (χ1) is 9.26. The van der Waals surface area contributed by atoms with Gasteiger partial charge in [0, 0.05) is 12.0 Å². The van der Waals surface area contributed by atoms with Gasteiger partial charge >= 0.3 is 5.97 Å².